The fraction of sp³-hybridized carbons (Fsp3) is 0.600. The monoisotopic (exact) mass is 333 g/mol. The van der Waals surface area contributed by atoms with Crippen molar-refractivity contribution in [1.82, 2.24) is 10.2 Å². The molecular formula is C10H15N5O4S2. The number of carbonyl (C=O) groups is 2. The summed E-state index contributed by atoms with van der Waals surface area (Å²) in [7, 11) is -4.00. The first-order valence-corrected chi connectivity index (χ1v) is 8.66. The summed E-state index contributed by atoms with van der Waals surface area (Å²) in [6.45, 7) is 0. The standard InChI is InChI=1S/C10H15N5O4S2/c11-7(16)8(17)15(6-4-2-1-3-5-6)9-13-14-10(20-9)21(12,18)19/h6H,1-5H2,(H2,11,16)(H2,12,18,19). The number of amides is 2. The predicted octanol–water partition coefficient (Wildman–Crippen LogP) is -0.664. The second-order valence-corrected chi connectivity index (χ2v) is 7.42. The number of hydrogen-bond acceptors (Lipinski definition) is 7. The number of anilines is 1. The van der Waals surface area contributed by atoms with Crippen LogP contribution in [0.25, 0.3) is 0 Å². The van der Waals surface area contributed by atoms with Gasteiger partial charge in [-0.2, -0.15) is 0 Å². The number of sulfonamides is 1. The summed E-state index contributed by atoms with van der Waals surface area (Å²) in [5.74, 6) is -2.04. The molecule has 0 bridgehead atoms. The fourth-order valence-electron chi connectivity index (χ4n) is 2.28. The number of primary sulfonamides is 1. The van der Waals surface area contributed by atoms with Crippen LogP contribution >= 0.6 is 11.3 Å². The highest BCUT2D eigenvalue weighted by Crippen LogP contribution is 2.30. The normalized spacial score (nSPS) is 16.6. The van der Waals surface area contributed by atoms with Crippen molar-refractivity contribution in [2.24, 2.45) is 10.9 Å². The van der Waals surface area contributed by atoms with Crippen molar-refractivity contribution >= 4 is 38.3 Å². The van der Waals surface area contributed by atoms with Crippen LogP contribution in [0.4, 0.5) is 5.13 Å². The number of nitrogens with zero attached hydrogens (tertiary/aromatic N) is 3. The second kappa shape index (κ2) is 6.03. The summed E-state index contributed by atoms with van der Waals surface area (Å²) in [6.07, 6.45) is 4.27. The van der Waals surface area contributed by atoms with E-state index in [9.17, 15) is 18.0 Å². The van der Waals surface area contributed by atoms with Crippen molar-refractivity contribution in [3.05, 3.63) is 0 Å². The van der Waals surface area contributed by atoms with Crippen molar-refractivity contribution < 1.29 is 18.0 Å². The predicted molar refractivity (Wildman–Crippen MR) is 74.8 cm³/mol. The molecule has 1 heterocycles. The molecule has 0 aliphatic heterocycles. The summed E-state index contributed by atoms with van der Waals surface area (Å²) in [4.78, 5) is 24.4. The van der Waals surface area contributed by atoms with Gasteiger partial charge in [0.15, 0.2) is 0 Å². The molecule has 9 nitrogen and oxygen atoms in total. The van der Waals surface area contributed by atoms with Gasteiger partial charge in [-0.15, -0.1) is 10.2 Å². The van der Waals surface area contributed by atoms with Gasteiger partial charge in [0.1, 0.15) is 0 Å². The largest absolute Gasteiger partial charge is 0.361 e. The number of primary amides is 1. The molecule has 4 N–H and O–H groups in total. The molecule has 1 aliphatic carbocycles. The summed E-state index contributed by atoms with van der Waals surface area (Å²) in [5, 5.41) is 12.1. The Morgan fingerprint density at radius 2 is 1.81 bits per heavy atom. The summed E-state index contributed by atoms with van der Waals surface area (Å²) in [6, 6.07) is -0.236. The van der Waals surface area contributed by atoms with E-state index in [-0.39, 0.29) is 11.2 Å². The van der Waals surface area contributed by atoms with Crippen LogP contribution < -0.4 is 15.8 Å². The third-order valence-corrected chi connectivity index (χ3v) is 5.45. The lowest BCUT2D eigenvalue weighted by atomic mass is 9.94. The van der Waals surface area contributed by atoms with Crippen LogP contribution in [-0.4, -0.2) is 36.5 Å². The quantitative estimate of drug-likeness (QED) is 0.553. The molecule has 21 heavy (non-hydrogen) atoms. The third kappa shape index (κ3) is 3.54. The summed E-state index contributed by atoms with van der Waals surface area (Å²) >= 11 is 0.649. The minimum absolute atomic E-state index is 0.0229. The van der Waals surface area contributed by atoms with Crippen LogP contribution in [0.3, 0.4) is 0 Å². The average Bonchev–Trinajstić information content (AvgIpc) is 2.89. The Bertz CT molecular complexity index is 650. The Balaban J connectivity index is 2.37. The van der Waals surface area contributed by atoms with Crippen LogP contribution in [0.1, 0.15) is 32.1 Å². The van der Waals surface area contributed by atoms with E-state index in [2.05, 4.69) is 10.2 Å². The van der Waals surface area contributed by atoms with Crippen molar-refractivity contribution in [3.63, 3.8) is 0 Å². The maximum Gasteiger partial charge on any atom is 0.318 e. The minimum Gasteiger partial charge on any atom is -0.361 e. The molecule has 2 amide bonds. The zero-order valence-electron chi connectivity index (χ0n) is 11.1. The van der Waals surface area contributed by atoms with Crippen molar-refractivity contribution in [3.8, 4) is 0 Å². The highest BCUT2D eigenvalue weighted by atomic mass is 32.2. The molecule has 0 spiro atoms. The van der Waals surface area contributed by atoms with Crippen molar-refractivity contribution in [2.75, 3.05) is 4.90 Å². The van der Waals surface area contributed by atoms with Crippen molar-refractivity contribution in [2.45, 2.75) is 42.5 Å². The second-order valence-electron chi connectivity index (χ2n) is 4.73. The maximum atomic E-state index is 12.0. The van der Waals surface area contributed by atoms with E-state index in [1.165, 1.54) is 0 Å². The molecule has 11 heteroatoms. The Morgan fingerprint density at radius 3 is 2.29 bits per heavy atom. The smallest absolute Gasteiger partial charge is 0.318 e. The molecule has 0 unspecified atom stereocenters. The van der Waals surface area contributed by atoms with E-state index in [4.69, 9.17) is 10.9 Å². The van der Waals surface area contributed by atoms with Gasteiger partial charge in [-0.1, -0.05) is 30.6 Å². The number of nitrogens with two attached hydrogens (primary N) is 2. The van der Waals surface area contributed by atoms with Crippen LogP contribution in [0, 0.1) is 0 Å². The first-order valence-electron chi connectivity index (χ1n) is 6.30. The molecule has 0 aromatic carbocycles. The molecule has 1 aromatic rings. The number of rotatable bonds is 3. The lowest BCUT2D eigenvalue weighted by Crippen LogP contribution is -2.47. The molecule has 1 aromatic heterocycles. The third-order valence-electron chi connectivity index (χ3n) is 3.21. The van der Waals surface area contributed by atoms with Gasteiger partial charge < -0.3 is 5.73 Å². The van der Waals surface area contributed by atoms with Crippen molar-refractivity contribution in [1.29, 1.82) is 0 Å². The molecule has 0 saturated heterocycles. The number of aromatic nitrogens is 2. The molecular weight excluding hydrogens is 318 g/mol. The minimum atomic E-state index is -4.00. The van der Waals surface area contributed by atoms with Crippen LogP contribution in [-0.2, 0) is 19.6 Å². The van der Waals surface area contributed by atoms with Crippen LogP contribution in [0.15, 0.2) is 4.34 Å². The van der Waals surface area contributed by atoms with E-state index < -0.39 is 26.2 Å². The van der Waals surface area contributed by atoms with E-state index in [0.29, 0.717) is 24.2 Å². The van der Waals surface area contributed by atoms with Gasteiger partial charge in [-0.3, -0.25) is 14.5 Å². The van der Waals surface area contributed by atoms with Crippen LogP contribution in [0.5, 0.6) is 0 Å². The Kier molecular flexibility index (Phi) is 4.54. The zero-order valence-corrected chi connectivity index (χ0v) is 12.7. The zero-order chi connectivity index (χ0) is 15.6. The van der Waals surface area contributed by atoms with Gasteiger partial charge in [0.25, 0.3) is 10.0 Å². The van der Waals surface area contributed by atoms with E-state index in [1.807, 2.05) is 0 Å². The Hall–Kier alpha value is -1.59. The molecule has 1 fully saturated rings. The molecule has 0 atom stereocenters. The number of hydrogen-bond donors (Lipinski definition) is 2. The van der Waals surface area contributed by atoms with Gasteiger partial charge >= 0.3 is 11.8 Å². The molecule has 0 radical (unpaired) electrons. The molecule has 116 valence electrons. The molecule has 1 aliphatic rings. The van der Waals surface area contributed by atoms with Gasteiger partial charge in [0.2, 0.25) is 9.47 Å². The summed E-state index contributed by atoms with van der Waals surface area (Å²) in [5.41, 5.74) is 5.06. The Morgan fingerprint density at radius 1 is 1.19 bits per heavy atom. The van der Waals surface area contributed by atoms with E-state index in [0.717, 1.165) is 24.2 Å². The fourth-order valence-corrected chi connectivity index (χ4v) is 3.77. The lowest BCUT2D eigenvalue weighted by molar-refractivity contribution is -0.136. The van der Waals surface area contributed by atoms with E-state index >= 15 is 0 Å². The summed E-state index contributed by atoms with van der Waals surface area (Å²) < 4.78 is 22.1. The van der Waals surface area contributed by atoms with Crippen LogP contribution in [0.2, 0.25) is 0 Å². The van der Waals surface area contributed by atoms with E-state index in [1.54, 1.807) is 0 Å². The highest BCUT2D eigenvalue weighted by Gasteiger charge is 2.33. The maximum absolute atomic E-state index is 12.0. The first kappa shape index (κ1) is 15.8. The van der Waals surface area contributed by atoms with Gasteiger partial charge in [0, 0.05) is 6.04 Å². The van der Waals surface area contributed by atoms with Gasteiger partial charge in [-0.25, -0.2) is 13.6 Å². The van der Waals surface area contributed by atoms with Gasteiger partial charge in [-0.05, 0) is 12.8 Å². The average molecular weight is 333 g/mol. The SMILES string of the molecule is NC(=O)C(=O)N(c1nnc(S(N)(=O)=O)s1)C1CCCCC1. The molecule has 2 rings (SSSR count). The number of carbonyl (C=O) groups excluding carboxylic acids is 2. The Labute approximate surface area is 125 Å². The topological polar surface area (TPSA) is 149 Å². The molecule has 1 saturated carbocycles. The lowest BCUT2D eigenvalue weighted by Gasteiger charge is -2.31. The van der Waals surface area contributed by atoms with Gasteiger partial charge in [0.05, 0.1) is 0 Å². The highest BCUT2D eigenvalue weighted by molar-refractivity contribution is 7.91. The first-order chi connectivity index (χ1) is 9.80.